The maximum absolute atomic E-state index is 13.9. The van der Waals surface area contributed by atoms with Gasteiger partial charge in [0.1, 0.15) is 41.8 Å². The van der Waals surface area contributed by atoms with Gasteiger partial charge in [0.15, 0.2) is 0 Å². The number of carboxylic acid groups (broad SMARTS) is 1. The molecule has 0 aromatic heterocycles. The Kier molecular flexibility index (Phi) is 13.5. The van der Waals surface area contributed by atoms with E-state index in [0.717, 1.165) is 0 Å². The maximum Gasteiger partial charge on any atom is 0.417 e. The van der Waals surface area contributed by atoms with E-state index < -0.39 is 28.9 Å². The van der Waals surface area contributed by atoms with Gasteiger partial charge in [-0.15, -0.1) is 0 Å². The molecule has 0 saturated heterocycles. The summed E-state index contributed by atoms with van der Waals surface area (Å²) in [5.74, 6) is 0.334. The highest BCUT2D eigenvalue weighted by Gasteiger charge is 2.45. The molecule has 2 aromatic carbocycles. The first-order chi connectivity index (χ1) is 19.7. The van der Waals surface area contributed by atoms with Gasteiger partial charge in [-0.25, -0.2) is 4.79 Å². The van der Waals surface area contributed by atoms with Crippen molar-refractivity contribution >= 4 is 11.5 Å². The van der Waals surface area contributed by atoms with E-state index in [1.807, 2.05) is 34.6 Å². The van der Waals surface area contributed by atoms with Gasteiger partial charge < -0.3 is 24.1 Å². The average Bonchev–Trinajstić information content (AvgIpc) is 2.93. The van der Waals surface area contributed by atoms with Gasteiger partial charge in [0, 0.05) is 11.6 Å². The van der Waals surface area contributed by atoms with Crippen LogP contribution in [0.25, 0.3) is 5.57 Å². The van der Waals surface area contributed by atoms with Crippen LogP contribution in [0.4, 0.5) is 13.2 Å². The Morgan fingerprint density at radius 2 is 1.55 bits per heavy atom. The average molecular weight is 595 g/mol. The third-order valence-corrected chi connectivity index (χ3v) is 6.41. The van der Waals surface area contributed by atoms with Crippen LogP contribution < -0.4 is 18.9 Å². The van der Waals surface area contributed by atoms with E-state index in [4.69, 9.17) is 18.9 Å². The van der Waals surface area contributed by atoms with Gasteiger partial charge in [0.05, 0.1) is 5.57 Å². The van der Waals surface area contributed by atoms with Crippen molar-refractivity contribution in [3.05, 3.63) is 65.3 Å². The van der Waals surface area contributed by atoms with Crippen LogP contribution in [0.3, 0.4) is 0 Å². The lowest BCUT2D eigenvalue weighted by Crippen LogP contribution is -2.39. The highest BCUT2D eigenvalue weighted by Crippen LogP contribution is 2.49. The van der Waals surface area contributed by atoms with Crippen molar-refractivity contribution < 1.29 is 42.0 Å². The number of benzene rings is 2. The zero-order valence-electron chi connectivity index (χ0n) is 26.4. The summed E-state index contributed by atoms with van der Waals surface area (Å²) in [6.07, 6.45) is -0.977. The molecule has 1 heterocycles. The third-order valence-electron chi connectivity index (χ3n) is 6.41. The number of alkyl halides is 3. The molecule has 2 aromatic rings. The summed E-state index contributed by atoms with van der Waals surface area (Å²) in [6, 6.07) is 9.51. The predicted octanol–water partition coefficient (Wildman–Crippen LogP) is 9.06. The molecule has 3 rings (SSSR count). The molecule has 9 heteroatoms. The van der Waals surface area contributed by atoms with Crippen molar-refractivity contribution in [1.82, 2.24) is 0 Å². The van der Waals surface area contributed by atoms with Crippen molar-refractivity contribution in [2.45, 2.75) is 93.0 Å². The SMILES string of the molecule is CC.CC.CC=CC(C)(Oc1ccc(OCCOc2cc3c(cc2CC)C(C(F)(F)F)=C(C)C(C)(C)O3)cc1)C(=O)O. The van der Waals surface area contributed by atoms with Crippen molar-refractivity contribution in [3.8, 4) is 23.0 Å². The van der Waals surface area contributed by atoms with E-state index in [-0.39, 0.29) is 30.1 Å². The minimum atomic E-state index is -4.51. The lowest BCUT2D eigenvalue weighted by molar-refractivity contribution is -0.149. The molecule has 1 aliphatic heterocycles. The van der Waals surface area contributed by atoms with Crippen molar-refractivity contribution in [2.24, 2.45) is 0 Å². The van der Waals surface area contributed by atoms with E-state index in [1.165, 1.54) is 32.1 Å². The van der Waals surface area contributed by atoms with Gasteiger partial charge in [-0.3, -0.25) is 0 Å². The lowest BCUT2D eigenvalue weighted by Gasteiger charge is -2.36. The number of carboxylic acids is 1. The second-order valence-electron chi connectivity index (χ2n) is 9.60. The molecule has 234 valence electrons. The van der Waals surface area contributed by atoms with E-state index in [9.17, 15) is 23.1 Å². The number of carbonyl (C=O) groups is 1. The quantitative estimate of drug-likeness (QED) is 0.219. The fourth-order valence-electron chi connectivity index (χ4n) is 4.14. The summed E-state index contributed by atoms with van der Waals surface area (Å²) in [4.78, 5) is 11.5. The molecule has 0 radical (unpaired) electrons. The minimum Gasteiger partial charge on any atom is -0.490 e. The summed E-state index contributed by atoms with van der Waals surface area (Å²) in [5.41, 5.74) is -2.50. The number of rotatable bonds is 10. The lowest BCUT2D eigenvalue weighted by atomic mass is 9.86. The Bertz CT molecular complexity index is 1230. The Labute approximate surface area is 248 Å². The number of fused-ring (bicyclic) bond motifs is 1. The molecule has 0 saturated carbocycles. The highest BCUT2D eigenvalue weighted by molar-refractivity contribution is 5.81. The fraction of sp³-hybridized carbons (Fsp3) is 0.485. The second kappa shape index (κ2) is 15.6. The van der Waals surface area contributed by atoms with Crippen LogP contribution in [-0.2, 0) is 11.2 Å². The molecular weight excluding hydrogens is 549 g/mol. The van der Waals surface area contributed by atoms with Crippen molar-refractivity contribution in [2.75, 3.05) is 13.2 Å². The van der Waals surface area contributed by atoms with Gasteiger partial charge >= 0.3 is 12.1 Å². The fourth-order valence-corrected chi connectivity index (χ4v) is 4.14. The number of allylic oxidation sites excluding steroid dienone is 2. The number of ether oxygens (including phenoxy) is 4. The Balaban J connectivity index is 0.00000211. The van der Waals surface area contributed by atoms with Crippen LogP contribution in [0.1, 0.15) is 80.4 Å². The van der Waals surface area contributed by atoms with Gasteiger partial charge in [-0.05, 0) is 88.6 Å². The Morgan fingerprint density at radius 1 is 1.00 bits per heavy atom. The van der Waals surface area contributed by atoms with E-state index in [1.54, 1.807) is 51.1 Å². The first kappa shape index (κ1) is 36.4. The molecule has 1 N–H and O–H groups in total. The molecule has 1 unspecified atom stereocenters. The summed E-state index contributed by atoms with van der Waals surface area (Å²) < 4.78 is 64.9. The van der Waals surface area contributed by atoms with Gasteiger partial charge in [-0.2, -0.15) is 13.2 Å². The van der Waals surface area contributed by atoms with Crippen LogP contribution in [0.5, 0.6) is 23.0 Å². The third kappa shape index (κ3) is 8.94. The topological polar surface area (TPSA) is 74.2 Å². The number of aryl methyl sites for hydroxylation is 1. The molecular formula is C33H45F3O6. The molecule has 1 atom stereocenters. The minimum absolute atomic E-state index is 0.0190. The van der Waals surface area contributed by atoms with Crippen molar-refractivity contribution in [3.63, 3.8) is 0 Å². The monoisotopic (exact) mass is 594 g/mol. The van der Waals surface area contributed by atoms with E-state index >= 15 is 0 Å². The van der Waals surface area contributed by atoms with Gasteiger partial charge in [0.25, 0.3) is 0 Å². The summed E-state index contributed by atoms with van der Waals surface area (Å²) in [5, 5.41) is 9.43. The molecule has 6 nitrogen and oxygen atoms in total. The summed E-state index contributed by atoms with van der Waals surface area (Å²) in [6.45, 7) is 18.0. The van der Waals surface area contributed by atoms with Crippen LogP contribution in [-0.4, -0.2) is 41.7 Å². The van der Waals surface area contributed by atoms with E-state index in [2.05, 4.69) is 0 Å². The number of hydrogen-bond acceptors (Lipinski definition) is 5. The summed E-state index contributed by atoms with van der Waals surface area (Å²) >= 11 is 0. The Hall–Kier alpha value is -3.62. The normalized spacial score (nSPS) is 15.2. The van der Waals surface area contributed by atoms with E-state index in [0.29, 0.717) is 29.2 Å². The molecule has 42 heavy (non-hydrogen) atoms. The Morgan fingerprint density at radius 3 is 2.05 bits per heavy atom. The molecule has 0 bridgehead atoms. The number of aliphatic carboxylic acids is 1. The molecule has 0 fully saturated rings. The molecule has 0 spiro atoms. The molecule has 0 amide bonds. The van der Waals surface area contributed by atoms with Crippen LogP contribution in [0.15, 0.2) is 54.1 Å². The first-order valence-corrected chi connectivity index (χ1v) is 14.3. The number of hydrogen-bond donors (Lipinski definition) is 1. The number of halogens is 3. The van der Waals surface area contributed by atoms with Crippen LogP contribution in [0, 0.1) is 0 Å². The van der Waals surface area contributed by atoms with Crippen LogP contribution in [0.2, 0.25) is 0 Å². The first-order valence-electron chi connectivity index (χ1n) is 14.3. The summed E-state index contributed by atoms with van der Waals surface area (Å²) in [7, 11) is 0. The maximum atomic E-state index is 13.9. The zero-order chi connectivity index (χ0) is 32.3. The zero-order valence-corrected chi connectivity index (χ0v) is 26.4. The molecule has 1 aliphatic rings. The standard InChI is InChI=1S/C29H33F3O6.2C2H6/c1-7-13-28(6,26(33)34)37-21-11-9-20(10-12-21)35-14-15-36-23-17-24-22(16-19(23)8-2)25(29(30,31)32)18(3)27(4,5)38-24;2*1-2/h7,9-13,16-17H,8,14-15H2,1-6H3,(H,33,34);2*1-2H3. The predicted molar refractivity (Wildman–Crippen MR) is 161 cm³/mol. The van der Waals surface area contributed by atoms with Crippen LogP contribution >= 0.6 is 0 Å². The van der Waals surface area contributed by atoms with Crippen molar-refractivity contribution in [1.29, 1.82) is 0 Å². The van der Waals surface area contributed by atoms with Gasteiger partial charge in [-0.1, -0.05) is 40.7 Å². The van der Waals surface area contributed by atoms with Gasteiger partial charge in [0.2, 0.25) is 5.60 Å². The smallest absolute Gasteiger partial charge is 0.417 e. The molecule has 0 aliphatic carbocycles. The largest absolute Gasteiger partial charge is 0.490 e. The highest BCUT2D eigenvalue weighted by atomic mass is 19.4. The second-order valence-corrected chi connectivity index (χ2v) is 9.60.